The van der Waals surface area contributed by atoms with Gasteiger partial charge in [0.15, 0.2) is 0 Å². The van der Waals surface area contributed by atoms with Crippen LogP contribution in [0.3, 0.4) is 0 Å². The molecule has 5 nitrogen and oxygen atoms in total. The highest BCUT2D eigenvalue weighted by atomic mass is 16.2. The summed E-state index contributed by atoms with van der Waals surface area (Å²) in [4.78, 5) is 23.0. The summed E-state index contributed by atoms with van der Waals surface area (Å²) >= 11 is 0. The van der Waals surface area contributed by atoms with Gasteiger partial charge in [0.05, 0.1) is 0 Å². The van der Waals surface area contributed by atoms with Gasteiger partial charge in [-0.2, -0.15) is 0 Å². The molecule has 0 heterocycles. The molecule has 17 heavy (non-hydrogen) atoms. The fraction of sp³-hybridized carbons (Fsp3) is 0.333. The van der Waals surface area contributed by atoms with Crippen LogP contribution >= 0.6 is 0 Å². The highest BCUT2D eigenvalue weighted by Crippen LogP contribution is 2.13. The Morgan fingerprint density at radius 1 is 1.29 bits per heavy atom. The molecule has 0 unspecified atom stereocenters. The summed E-state index contributed by atoms with van der Waals surface area (Å²) in [5.41, 5.74) is 11.6. The second-order valence-electron chi connectivity index (χ2n) is 4.51. The number of hydrogen-bond donors (Lipinski definition) is 3. The van der Waals surface area contributed by atoms with Gasteiger partial charge in [-0.25, -0.2) is 0 Å². The Hall–Kier alpha value is -2.04. The van der Waals surface area contributed by atoms with Crippen molar-refractivity contribution >= 4 is 17.5 Å². The number of nitrogen functional groups attached to an aromatic ring is 1. The number of rotatable bonds is 3. The van der Waals surface area contributed by atoms with E-state index in [0.29, 0.717) is 11.3 Å². The predicted octanol–water partition coefficient (Wildman–Crippen LogP) is 0.571. The Balaban J connectivity index is 2.91. The molecule has 1 rings (SSSR count). The second kappa shape index (κ2) is 4.45. The van der Waals surface area contributed by atoms with Gasteiger partial charge in [0.25, 0.3) is 5.91 Å². The minimum Gasteiger partial charge on any atom is -0.399 e. The van der Waals surface area contributed by atoms with E-state index < -0.39 is 11.4 Å². The van der Waals surface area contributed by atoms with Gasteiger partial charge in [0, 0.05) is 11.3 Å². The van der Waals surface area contributed by atoms with Crippen molar-refractivity contribution in [1.29, 1.82) is 0 Å². The van der Waals surface area contributed by atoms with E-state index in [2.05, 4.69) is 5.32 Å². The molecule has 2 amide bonds. The zero-order valence-electron chi connectivity index (χ0n) is 10.2. The van der Waals surface area contributed by atoms with Crippen LogP contribution in [0.1, 0.15) is 29.8 Å². The summed E-state index contributed by atoms with van der Waals surface area (Å²) in [5.74, 6) is -0.935. The number of aryl methyl sites for hydroxylation is 1. The lowest BCUT2D eigenvalue weighted by molar-refractivity contribution is -0.122. The Labute approximate surface area is 100 Å². The Bertz CT molecular complexity index is 467. The first kappa shape index (κ1) is 13.0. The van der Waals surface area contributed by atoms with Gasteiger partial charge < -0.3 is 16.8 Å². The Morgan fingerprint density at radius 2 is 1.88 bits per heavy atom. The zero-order chi connectivity index (χ0) is 13.2. The molecule has 5 N–H and O–H groups in total. The Kier molecular flexibility index (Phi) is 3.41. The number of nitrogens with two attached hydrogens (primary N) is 2. The van der Waals surface area contributed by atoms with Gasteiger partial charge in [0.1, 0.15) is 5.54 Å². The van der Waals surface area contributed by atoms with Crippen LogP contribution in [0.25, 0.3) is 0 Å². The standard InChI is InChI=1S/C12H17N3O2/c1-7-6-8(4-5-9(7)13)10(16)15-12(2,3)11(14)17/h4-6H,13H2,1-3H3,(H2,14,17)(H,15,16). The second-order valence-corrected chi connectivity index (χ2v) is 4.51. The fourth-order valence-electron chi connectivity index (χ4n) is 1.23. The van der Waals surface area contributed by atoms with Crippen LogP contribution in [0.2, 0.25) is 0 Å². The molecule has 1 aromatic rings. The topological polar surface area (TPSA) is 98.2 Å². The largest absolute Gasteiger partial charge is 0.399 e. The normalized spacial score (nSPS) is 11.0. The molecule has 0 saturated carbocycles. The number of benzene rings is 1. The zero-order valence-corrected chi connectivity index (χ0v) is 10.2. The van der Waals surface area contributed by atoms with Crippen molar-refractivity contribution < 1.29 is 9.59 Å². The van der Waals surface area contributed by atoms with E-state index in [4.69, 9.17) is 11.5 Å². The summed E-state index contributed by atoms with van der Waals surface area (Å²) < 4.78 is 0. The van der Waals surface area contributed by atoms with Crippen LogP contribution in [-0.2, 0) is 4.79 Å². The molecule has 0 bridgehead atoms. The molecule has 0 spiro atoms. The molecule has 0 aromatic heterocycles. The van der Waals surface area contributed by atoms with Crippen molar-refractivity contribution in [2.24, 2.45) is 5.73 Å². The number of carbonyl (C=O) groups excluding carboxylic acids is 2. The maximum atomic E-state index is 11.9. The van der Waals surface area contributed by atoms with Crippen LogP contribution in [0, 0.1) is 6.92 Å². The van der Waals surface area contributed by atoms with Gasteiger partial charge in [-0.15, -0.1) is 0 Å². The average molecular weight is 235 g/mol. The van der Waals surface area contributed by atoms with E-state index in [1.165, 1.54) is 0 Å². The third kappa shape index (κ3) is 2.96. The molecule has 0 aliphatic rings. The Morgan fingerprint density at radius 3 is 2.35 bits per heavy atom. The van der Waals surface area contributed by atoms with Crippen molar-refractivity contribution in [3.63, 3.8) is 0 Å². The summed E-state index contributed by atoms with van der Waals surface area (Å²) in [5, 5.41) is 2.56. The molecule has 0 aliphatic heterocycles. The maximum Gasteiger partial charge on any atom is 0.252 e. The molecule has 1 aromatic carbocycles. The summed E-state index contributed by atoms with van der Waals surface area (Å²) in [6.45, 7) is 4.92. The first-order valence-corrected chi connectivity index (χ1v) is 5.22. The lowest BCUT2D eigenvalue weighted by Crippen LogP contribution is -2.53. The highest BCUT2D eigenvalue weighted by molar-refractivity contribution is 5.99. The third-order valence-electron chi connectivity index (χ3n) is 2.57. The average Bonchev–Trinajstić information content (AvgIpc) is 2.21. The van der Waals surface area contributed by atoms with Crippen molar-refractivity contribution in [3.8, 4) is 0 Å². The quantitative estimate of drug-likeness (QED) is 0.668. The van der Waals surface area contributed by atoms with E-state index in [-0.39, 0.29) is 5.91 Å². The molecule has 5 heteroatoms. The van der Waals surface area contributed by atoms with Crippen molar-refractivity contribution in [3.05, 3.63) is 29.3 Å². The minimum absolute atomic E-state index is 0.350. The maximum absolute atomic E-state index is 11.9. The lowest BCUT2D eigenvalue weighted by Gasteiger charge is -2.22. The number of primary amides is 1. The monoisotopic (exact) mass is 235 g/mol. The van der Waals surface area contributed by atoms with Gasteiger partial charge in [-0.1, -0.05) is 0 Å². The van der Waals surface area contributed by atoms with Crippen molar-refractivity contribution in [2.45, 2.75) is 26.3 Å². The van der Waals surface area contributed by atoms with E-state index in [1.54, 1.807) is 32.0 Å². The van der Waals surface area contributed by atoms with Crippen LogP contribution in [0.15, 0.2) is 18.2 Å². The van der Waals surface area contributed by atoms with Crippen LogP contribution in [0.4, 0.5) is 5.69 Å². The minimum atomic E-state index is -1.08. The SMILES string of the molecule is Cc1cc(C(=O)NC(C)(C)C(N)=O)ccc1N. The smallest absolute Gasteiger partial charge is 0.252 e. The predicted molar refractivity (Wildman–Crippen MR) is 66.3 cm³/mol. The molecule has 0 fully saturated rings. The van der Waals surface area contributed by atoms with Crippen LogP contribution in [-0.4, -0.2) is 17.4 Å². The van der Waals surface area contributed by atoms with Gasteiger partial charge in [0.2, 0.25) is 5.91 Å². The number of carbonyl (C=O) groups is 2. The first-order chi connectivity index (χ1) is 7.74. The first-order valence-electron chi connectivity index (χ1n) is 5.22. The molecule has 0 radical (unpaired) electrons. The van der Waals surface area contributed by atoms with E-state index in [0.717, 1.165) is 5.56 Å². The number of anilines is 1. The van der Waals surface area contributed by atoms with Crippen LogP contribution in [0.5, 0.6) is 0 Å². The summed E-state index contributed by atoms with van der Waals surface area (Å²) in [7, 11) is 0. The van der Waals surface area contributed by atoms with E-state index in [1.807, 2.05) is 6.92 Å². The lowest BCUT2D eigenvalue weighted by atomic mass is 10.0. The molecule has 0 atom stereocenters. The summed E-state index contributed by atoms with van der Waals surface area (Å²) in [6.07, 6.45) is 0. The highest BCUT2D eigenvalue weighted by Gasteiger charge is 2.27. The van der Waals surface area contributed by atoms with Crippen molar-refractivity contribution in [1.82, 2.24) is 5.32 Å². The van der Waals surface area contributed by atoms with E-state index >= 15 is 0 Å². The molecule has 0 aliphatic carbocycles. The van der Waals surface area contributed by atoms with Gasteiger partial charge in [-0.05, 0) is 44.5 Å². The number of amides is 2. The van der Waals surface area contributed by atoms with Crippen LogP contribution < -0.4 is 16.8 Å². The van der Waals surface area contributed by atoms with Gasteiger partial charge in [-0.3, -0.25) is 9.59 Å². The van der Waals surface area contributed by atoms with Crippen molar-refractivity contribution in [2.75, 3.05) is 5.73 Å². The molecular weight excluding hydrogens is 218 g/mol. The molecule has 0 saturated heterocycles. The number of nitrogens with one attached hydrogen (secondary N) is 1. The molecular formula is C12H17N3O2. The summed E-state index contributed by atoms with van der Waals surface area (Å²) in [6, 6.07) is 4.93. The number of hydrogen-bond acceptors (Lipinski definition) is 3. The third-order valence-corrected chi connectivity index (χ3v) is 2.57. The van der Waals surface area contributed by atoms with E-state index in [9.17, 15) is 9.59 Å². The van der Waals surface area contributed by atoms with Gasteiger partial charge >= 0.3 is 0 Å². The fourth-order valence-corrected chi connectivity index (χ4v) is 1.23. The molecule has 92 valence electrons.